The van der Waals surface area contributed by atoms with E-state index in [0.717, 1.165) is 16.4 Å². The maximum Gasteiger partial charge on any atom is 0.307 e. The molecular formula is C14H9Cl3N2O3S2. The molecule has 0 spiro atoms. The molecule has 0 saturated heterocycles. The number of esters is 1. The summed E-state index contributed by atoms with van der Waals surface area (Å²) >= 11 is 19.9. The van der Waals surface area contributed by atoms with Crippen LogP contribution in [0.2, 0.25) is 15.2 Å². The van der Waals surface area contributed by atoms with Crippen LogP contribution < -0.4 is 5.32 Å². The highest BCUT2D eigenvalue weighted by Crippen LogP contribution is 2.38. The van der Waals surface area contributed by atoms with Gasteiger partial charge in [-0.25, -0.2) is 0 Å². The molecule has 1 atom stereocenters. The number of carbonyl (C=O) groups excluding carboxylic acids is 2. The molecule has 1 aliphatic rings. The number of nitrogens with zero attached hydrogens (tertiary/aromatic N) is 1. The summed E-state index contributed by atoms with van der Waals surface area (Å²) in [6.07, 6.45) is -0.0529. The van der Waals surface area contributed by atoms with Crippen LogP contribution >= 0.6 is 58.1 Å². The Labute approximate surface area is 160 Å². The lowest BCUT2D eigenvalue weighted by Gasteiger charge is -2.23. The molecule has 24 heavy (non-hydrogen) atoms. The monoisotopic (exact) mass is 422 g/mol. The molecule has 0 unspecified atom stereocenters. The van der Waals surface area contributed by atoms with Crippen LogP contribution in [0.15, 0.2) is 23.1 Å². The van der Waals surface area contributed by atoms with Crippen molar-refractivity contribution in [3.05, 3.63) is 38.3 Å². The molecule has 0 aliphatic carbocycles. The molecule has 3 rings (SSSR count). The molecule has 1 aromatic heterocycles. The highest BCUT2D eigenvalue weighted by molar-refractivity contribution is 8.01. The Morgan fingerprint density at radius 2 is 2.12 bits per heavy atom. The number of carbonyl (C=O) groups is 2. The van der Waals surface area contributed by atoms with Crippen molar-refractivity contribution in [2.45, 2.75) is 23.2 Å². The van der Waals surface area contributed by atoms with E-state index in [4.69, 9.17) is 39.5 Å². The van der Waals surface area contributed by atoms with Crippen molar-refractivity contribution in [3.8, 4) is 0 Å². The topological polar surface area (TPSA) is 68.3 Å². The fraction of sp³-hybridized carbons (Fsp3) is 0.214. The summed E-state index contributed by atoms with van der Waals surface area (Å²) in [5, 5.41) is 3.18. The van der Waals surface area contributed by atoms with Crippen LogP contribution in [0.5, 0.6) is 0 Å². The Bertz CT molecular complexity index is 813. The Balaban J connectivity index is 1.59. The largest absolute Gasteiger partial charge is 0.460 e. The minimum atomic E-state index is -0.563. The molecule has 0 fully saturated rings. The van der Waals surface area contributed by atoms with E-state index in [-0.39, 0.29) is 29.1 Å². The van der Waals surface area contributed by atoms with Gasteiger partial charge in [0.1, 0.15) is 6.61 Å². The zero-order chi connectivity index (χ0) is 17.3. The third kappa shape index (κ3) is 3.97. The summed E-state index contributed by atoms with van der Waals surface area (Å²) in [4.78, 5) is 25.5. The van der Waals surface area contributed by atoms with E-state index < -0.39 is 11.2 Å². The van der Waals surface area contributed by atoms with Gasteiger partial charge in [-0.2, -0.15) is 4.37 Å². The number of hydrogen-bond donors (Lipinski definition) is 1. The molecule has 0 saturated carbocycles. The van der Waals surface area contributed by atoms with E-state index in [1.165, 1.54) is 11.8 Å². The number of amides is 1. The molecule has 1 aromatic carbocycles. The van der Waals surface area contributed by atoms with Crippen molar-refractivity contribution in [2.24, 2.45) is 0 Å². The molecule has 2 heterocycles. The van der Waals surface area contributed by atoms with Gasteiger partial charge >= 0.3 is 5.97 Å². The molecule has 0 bridgehead atoms. The Morgan fingerprint density at radius 1 is 1.33 bits per heavy atom. The number of nitrogens with one attached hydrogen (secondary N) is 1. The lowest BCUT2D eigenvalue weighted by atomic mass is 10.2. The summed E-state index contributed by atoms with van der Waals surface area (Å²) < 4.78 is 9.01. The number of thioether (sulfide) groups is 1. The van der Waals surface area contributed by atoms with Gasteiger partial charge in [-0.1, -0.05) is 34.8 Å². The molecule has 2 aromatic rings. The van der Waals surface area contributed by atoms with Gasteiger partial charge in [0, 0.05) is 9.92 Å². The van der Waals surface area contributed by atoms with E-state index >= 15 is 0 Å². The van der Waals surface area contributed by atoms with Crippen molar-refractivity contribution in [1.29, 1.82) is 0 Å². The number of aromatic nitrogens is 1. The van der Waals surface area contributed by atoms with Crippen molar-refractivity contribution in [1.82, 2.24) is 4.37 Å². The van der Waals surface area contributed by atoms with Crippen LogP contribution in [0, 0.1) is 0 Å². The highest BCUT2D eigenvalue weighted by Gasteiger charge is 2.29. The normalized spacial score (nSPS) is 16.5. The number of benzene rings is 1. The lowest BCUT2D eigenvalue weighted by Crippen LogP contribution is -2.31. The average Bonchev–Trinajstić information content (AvgIpc) is 2.85. The van der Waals surface area contributed by atoms with Crippen LogP contribution in [-0.4, -0.2) is 21.5 Å². The average molecular weight is 424 g/mol. The standard InChI is InChI=1S/C14H9Cl3N2O3S2/c15-6-1-2-8-7(3-6)18-14(21)9(23-8)4-11(20)22-5-10-12(16)13(17)19-24-10/h1-3,9H,4-5H2,(H,18,21)/t9-/m0/s1. The SMILES string of the molecule is O=C(C[C@@H]1Sc2ccc(Cl)cc2NC1=O)OCc1snc(Cl)c1Cl. The van der Waals surface area contributed by atoms with Crippen molar-refractivity contribution >= 4 is 75.7 Å². The van der Waals surface area contributed by atoms with Crippen molar-refractivity contribution in [3.63, 3.8) is 0 Å². The first-order valence-electron chi connectivity index (χ1n) is 6.66. The summed E-state index contributed by atoms with van der Waals surface area (Å²) in [5.74, 6) is -0.758. The van der Waals surface area contributed by atoms with Crippen LogP contribution in [0.1, 0.15) is 11.3 Å². The van der Waals surface area contributed by atoms with E-state index in [1.807, 2.05) is 0 Å². The second-order valence-corrected chi connectivity index (χ2v) is 8.09. The summed E-state index contributed by atoms with van der Waals surface area (Å²) in [7, 11) is 0. The Kier molecular flexibility index (Phi) is 5.56. The van der Waals surface area contributed by atoms with Gasteiger partial charge in [-0.3, -0.25) is 9.59 Å². The second kappa shape index (κ2) is 7.49. The summed E-state index contributed by atoms with van der Waals surface area (Å²) in [6.45, 7) is -0.0206. The molecule has 1 aliphatic heterocycles. The number of halogens is 3. The van der Waals surface area contributed by atoms with Crippen molar-refractivity contribution < 1.29 is 14.3 Å². The van der Waals surface area contributed by atoms with Crippen LogP contribution in [0.25, 0.3) is 0 Å². The zero-order valence-corrected chi connectivity index (χ0v) is 15.7. The van der Waals surface area contributed by atoms with Gasteiger partial charge in [0.05, 0.1) is 27.3 Å². The van der Waals surface area contributed by atoms with Gasteiger partial charge in [-0.05, 0) is 29.7 Å². The number of fused-ring (bicyclic) bond motifs is 1. The first kappa shape index (κ1) is 17.8. The second-order valence-electron chi connectivity index (χ2n) is 4.81. The predicted octanol–water partition coefficient (Wildman–Crippen LogP) is 4.65. The molecule has 0 radical (unpaired) electrons. The van der Waals surface area contributed by atoms with E-state index in [2.05, 4.69) is 9.69 Å². The fourth-order valence-electron chi connectivity index (χ4n) is 1.99. The van der Waals surface area contributed by atoms with E-state index in [1.54, 1.807) is 18.2 Å². The van der Waals surface area contributed by atoms with Gasteiger partial charge in [0.25, 0.3) is 0 Å². The maximum absolute atomic E-state index is 12.1. The molecule has 1 amide bonds. The number of hydrogen-bond acceptors (Lipinski definition) is 6. The van der Waals surface area contributed by atoms with Crippen molar-refractivity contribution in [2.75, 3.05) is 5.32 Å². The minimum absolute atomic E-state index is 0.0206. The summed E-state index contributed by atoms with van der Waals surface area (Å²) in [6, 6.07) is 5.21. The van der Waals surface area contributed by atoms with Crippen LogP contribution in [0.3, 0.4) is 0 Å². The first-order chi connectivity index (χ1) is 11.4. The van der Waals surface area contributed by atoms with Gasteiger partial charge in [-0.15, -0.1) is 11.8 Å². The third-order valence-electron chi connectivity index (χ3n) is 3.14. The quantitative estimate of drug-likeness (QED) is 0.725. The minimum Gasteiger partial charge on any atom is -0.460 e. The Hall–Kier alpha value is -0.990. The zero-order valence-electron chi connectivity index (χ0n) is 11.8. The smallest absolute Gasteiger partial charge is 0.307 e. The molecule has 10 heteroatoms. The van der Waals surface area contributed by atoms with Gasteiger partial charge < -0.3 is 10.1 Å². The van der Waals surface area contributed by atoms with Crippen LogP contribution in [-0.2, 0) is 20.9 Å². The molecular weight excluding hydrogens is 415 g/mol. The lowest BCUT2D eigenvalue weighted by molar-refractivity contribution is -0.145. The fourth-order valence-corrected chi connectivity index (χ4v) is 4.34. The highest BCUT2D eigenvalue weighted by atomic mass is 35.5. The van der Waals surface area contributed by atoms with Crippen LogP contribution in [0.4, 0.5) is 5.69 Å². The molecule has 126 valence electrons. The Morgan fingerprint density at radius 3 is 2.83 bits per heavy atom. The summed E-state index contributed by atoms with van der Waals surface area (Å²) in [5.41, 5.74) is 0.646. The van der Waals surface area contributed by atoms with Gasteiger partial charge in [0.2, 0.25) is 5.91 Å². The maximum atomic E-state index is 12.1. The number of ether oxygens (including phenoxy) is 1. The van der Waals surface area contributed by atoms with E-state index in [9.17, 15) is 9.59 Å². The first-order valence-corrected chi connectivity index (χ1v) is 9.45. The number of rotatable bonds is 4. The molecule has 1 N–H and O–H groups in total. The number of anilines is 1. The van der Waals surface area contributed by atoms with E-state index in [0.29, 0.717) is 15.6 Å². The van der Waals surface area contributed by atoms with Gasteiger partial charge in [0.15, 0.2) is 5.15 Å². The third-order valence-corrected chi connectivity index (χ3v) is 6.46. The molecule has 5 nitrogen and oxygen atoms in total. The predicted molar refractivity (Wildman–Crippen MR) is 96.3 cm³/mol.